The molecule has 2 aromatic heterocycles. The molecule has 0 aliphatic carbocycles. The zero-order valence-electron chi connectivity index (χ0n) is 38.6. The Balaban J connectivity index is 1.64. The van der Waals surface area contributed by atoms with Crippen LogP contribution in [0.1, 0.15) is 87.3 Å². The summed E-state index contributed by atoms with van der Waals surface area (Å²) in [6.07, 6.45) is -5.10. The predicted octanol–water partition coefficient (Wildman–Crippen LogP) is 3.23. The van der Waals surface area contributed by atoms with Crippen LogP contribution >= 0.6 is 0 Å². The summed E-state index contributed by atoms with van der Waals surface area (Å²) in [6, 6.07) is 4.60. The van der Waals surface area contributed by atoms with Crippen LogP contribution < -0.4 is 11.5 Å². The smallest absolute Gasteiger partial charge is 0.351 e. The van der Waals surface area contributed by atoms with Crippen molar-refractivity contribution in [3.63, 3.8) is 0 Å². The number of Topliss-reactive ketones (excluding diaryl/α,β-unsaturated/α-hetero) is 1. The zero-order chi connectivity index (χ0) is 47.5. The number of nitrogens with zero attached hydrogens (tertiary/aromatic N) is 6. The molecule has 1 unspecified atom stereocenters. The first kappa shape index (κ1) is 50.4. The van der Waals surface area contributed by atoms with E-state index in [4.69, 9.17) is 40.0 Å². The van der Waals surface area contributed by atoms with Crippen molar-refractivity contribution < 1.29 is 57.5 Å². The molecule has 20 heteroatoms. The van der Waals surface area contributed by atoms with E-state index < -0.39 is 95.1 Å². The number of halogens is 1. The zero-order valence-corrected chi connectivity index (χ0v) is 38.6. The standard InChI is InChI=1S/C44H65FN8O11/c1-12-32-44(9,58)38-24(4)34(49-26(6)54)22(2)17-42(7,37(25(5)36(56)43(8,45)40(57)63-32)64-39-35(55)31(53(10)11)15-23(3)62-39)60-20-29(19-59-38)52-61-21-28-14-13-27(18-48-28)30-16-33(46)51-41(47)50-30/h13-14,16,18,22-25,31-32,35,37-39,55,58H,12,15,17,19-21H2,1-11H3,(H4,46,47,50,51)/b49-34?,52-29+/t22?,23-,24+,25+,31+,32-,35-,37-,38+,39+,42-,43+,44-/m1/s1. The quantitative estimate of drug-likeness (QED) is 0.168. The number of hydrogen-bond donors (Lipinski definition) is 4. The number of alkyl halides is 1. The highest BCUT2D eigenvalue weighted by Crippen LogP contribution is 2.41. The van der Waals surface area contributed by atoms with Crippen LogP contribution in [-0.2, 0) is 49.5 Å². The van der Waals surface area contributed by atoms with Crippen molar-refractivity contribution >= 4 is 40.8 Å². The average molecular weight is 901 g/mol. The minimum Gasteiger partial charge on any atom is -0.457 e. The van der Waals surface area contributed by atoms with E-state index in [1.807, 2.05) is 25.9 Å². The molecule has 5 heterocycles. The van der Waals surface area contributed by atoms with Crippen LogP contribution in [0, 0.1) is 17.8 Å². The molecular weight excluding hydrogens is 836 g/mol. The number of carbonyl (C=O) groups is 3. The Morgan fingerprint density at radius 1 is 1.08 bits per heavy atom. The van der Waals surface area contributed by atoms with Crippen LogP contribution in [0.25, 0.3) is 11.3 Å². The molecule has 64 heavy (non-hydrogen) atoms. The molecule has 2 aromatic rings. The number of amides is 1. The molecule has 6 N–H and O–H groups in total. The molecule has 19 nitrogen and oxygen atoms in total. The number of fused-ring (bicyclic) bond motifs is 5. The van der Waals surface area contributed by atoms with Gasteiger partial charge in [0, 0.05) is 48.3 Å². The van der Waals surface area contributed by atoms with Gasteiger partial charge in [0.25, 0.3) is 5.67 Å². The topological polar surface area (TPSA) is 266 Å². The highest BCUT2D eigenvalue weighted by molar-refractivity contribution is 6.08. The first-order valence-electron chi connectivity index (χ1n) is 21.6. The third-order valence-corrected chi connectivity index (χ3v) is 12.4. The number of esters is 1. The van der Waals surface area contributed by atoms with Gasteiger partial charge < -0.3 is 55.1 Å². The fraction of sp³-hybridized carbons (Fsp3) is 0.682. The average Bonchev–Trinajstić information content (AvgIpc) is 3.23. The van der Waals surface area contributed by atoms with Crippen molar-refractivity contribution in [1.29, 1.82) is 0 Å². The highest BCUT2D eigenvalue weighted by Gasteiger charge is 2.56. The summed E-state index contributed by atoms with van der Waals surface area (Å²) in [4.78, 5) is 65.9. The molecule has 5 rings (SSSR count). The van der Waals surface area contributed by atoms with Gasteiger partial charge in [-0.25, -0.2) is 19.2 Å². The maximum absolute atomic E-state index is 16.9. The van der Waals surface area contributed by atoms with Crippen molar-refractivity contribution in [3.05, 3.63) is 30.1 Å². The van der Waals surface area contributed by atoms with Crippen molar-refractivity contribution in [2.75, 3.05) is 38.8 Å². The molecule has 354 valence electrons. The van der Waals surface area contributed by atoms with Crippen LogP contribution in [0.3, 0.4) is 0 Å². The Labute approximate surface area is 373 Å². The van der Waals surface area contributed by atoms with E-state index in [1.165, 1.54) is 20.8 Å². The number of rotatable bonds is 8. The fourth-order valence-electron chi connectivity index (χ4n) is 9.09. The van der Waals surface area contributed by atoms with Gasteiger partial charge in [-0.2, -0.15) is 4.98 Å². The third kappa shape index (κ3) is 11.3. The Morgan fingerprint density at radius 2 is 1.78 bits per heavy atom. The fourth-order valence-corrected chi connectivity index (χ4v) is 9.09. The molecule has 3 aliphatic heterocycles. The summed E-state index contributed by atoms with van der Waals surface area (Å²) in [5.41, 5.74) is 6.78. The lowest BCUT2D eigenvalue weighted by Gasteiger charge is -2.47. The van der Waals surface area contributed by atoms with Crippen LogP contribution in [0.2, 0.25) is 0 Å². The van der Waals surface area contributed by atoms with Gasteiger partial charge in [-0.3, -0.25) is 14.6 Å². The second kappa shape index (κ2) is 20.3. The van der Waals surface area contributed by atoms with Crippen molar-refractivity contribution in [2.24, 2.45) is 27.9 Å². The van der Waals surface area contributed by atoms with Crippen LogP contribution in [-0.4, -0.2) is 146 Å². The van der Waals surface area contributed by atoms with E-state index in [-0.39, 0.29) is 50.1 Å². The van der Waals surface area contributed by atoms with E-state index in [1.54, 1.807) is 52.1 Å². The minimum absolute atomic E-state index is 0.0152. The van der Waals surface area contributed by atoms with Gasteiger partial charge in [0.05, 0.1) is 48.5 Å². The number of carbonyl (C=O) groups excluding carboxylic acids is 3. The van der Waals surface area contributed by atoms with E-state index in [2.05, 4.69) is 25.1 Å². The Kier molecular flexibility index (Phi) is 16.0. The SMILES string of the molecule is CC[C@H]1OC(=O)[C@@](C)(F)C(=O)[C@H](C)[C@@H](O[C@@H]2O[C@H](C)C[C@H](N(C)C)[C@H]2O)[C@@]2(C)CC(C)C(=NC(C)=O)[C@H](C)[C@H](OC/C(=N\OCc3ccc(-c4cc(N)nc(N)n4)cn3)CO2)[C@]1(C)O. The monoisotopic (exact) mass is 900 g/mol. The molecular formula is C44H65FN8O11. The number of aliphatic imine (C=N–C) groups is 1. The van der Waals surface area contributed by atoms with Gasteiger partial charge in [0.1, 0.15) is 29.3 Å². The second-order valence-corrected chi connectivity index (χ2v) is 18.1. The normalized spacial score (nSPS) is 37.1. The number of nitrogen functional groups attached to an aromatic ring is 2. The minimum atomic E-state index is -3.24. The molecule has 0 saturated carbocycles. The van der Waals surface area contributed by atoms with E-state index in [0.29, 0.717) is 29.1 Å². The molecule has 13 atom stereocenters. The predicted molar refractivity (Wildman–Crippen MR) is 233 cm³/mol. The molecule has 0 spiro atoms. The number of oxime groups is 1. The van der Waals surface area contributed by atoms with Gasteiger partial charge in [0.2, 0.25) is 11.9 Å². The number of cyclic esters (lactones) is 1. The Morgan fingerprint density at radius 3 is 2.39 bits per heavy atom. The lowest BCUT2D eigenvalue weighted by atomic mass is 9.73. The maximum Gasteiger partial charge on any atom is 0.351 e. The molecule has 3 aliphatic rings. The van der Waals surface area contributed by atoms with Crippen LogP contribution in [0.4, 0.5) is 16.2 Å². The van der Waals surface area contributed by atoms with Crippen LogP contribution in [0.5, 0.6) is 0 Å². The Hall–Kier alpha value is -4.57. The van der Waals surface area contributed by atoms with Gasteiger partial charge in [-0.05, 0) is 79.1 Å². The first-order valence-corrected chi connectivity index (χ1v) is 21.6. The van der Waals surface area contributed by atoms with E-state index in [9.17, 15) is 24.6 Å². The summed E-state index contributed by atoms with van der Waals surface area (Å²) >= 11 is 0. The summed E-state index contributed by atoms with van der Waals surface area (Å²) in [6.45, 7) is 12.7. The summed E-state index contributed by atoms with van der Waals surface area (Å²) in [5, 5.41) is 28.5. The van der Waals surface area contributed by atoms with Gasteiger partial charge in [0.15, 0.2) is 18.7 Å². The molecule has 1 amide bonds. The molecule has 0 radical (unpaired) electrons. The summed E-state index contributed by atoms with van der Waals surface area (Å²) in [5.74, 6) is -6.00. The number of anilines is 2. The molecule has 0 aromatic carbocycles. The third-order valence-electron chi connectivity index (χ3n) is 12.4. The van der Waals surface area contributed by atoms with Crippen molar-refractivity contribution in [2.45, 2.75) is 148 Å². The number of hydrogen-bond acceptors (Lipinski definition) is 18. The van der Waals surface area contributed by atoms with Gasteiger partial charge >= 0.3 is 5.97 Å². The lowest BCUT2D eigenvalue weighted by molar-refractivity contribution is -0.296. The van der Waals surface area contributed by atoms with Crippen molar-refractivity contribution in [1.82, 2.24) is 19.9 Å². The van der Waals surface area contributed by atoms with E-state index in [0.717, 1.165) is 6.92 Å². The number of aliphatic hydroxyl groups is 2. The number of nitrogens with two attached hydrogens (primary N) is 2. The Bertz CT molecular complexity index is 2030. The summed E-state index contributed by atoms with van der Waals surface area (Å²) < 4.78 is 48.8. The number of ether oxygens (including phenoxy) is 5. The largest absolute Gasteiger partial charge is 0.457 e. The number of aliphatic hydroxyl groups excluding tert-OH is 1. The first-order chi connectivity index (χ1) is 29.9. The lowest BCUT2D eigenvalue weighted by Crippen LogP contribution is -2.61. The van der Waals surface area contributed by atoms with Gasteiger partial charge in [-0.15, -0.1) is 0 Å². The molecule has 2 bridgehead atoms. The second-order valence-electron chi connectivity index (χ2n) is 18.1. The molecule has 3 fully saturated rings. The maximum atomic E-state index is 16.9. The highest BCUT2D eigenvalue weighted by atomic mass is 19.1. The number of aromatic nitrogens is 3. The van der Waals surface area contributed by atoms with E-state index >= 15 is 4.39 Å². The summed E-state index contributed by atoms with van der Waals surface area (Å²) in [7, 11) is 3.61. The number of likely N-dealkylation sites (N-methyl/N-ethyl adjacent to an activating group) is 1. The number of pyridine rings is 1. The molecule has 3 saturated heterocycles. The van der Waals surface area contributed by atoms with Gasteiger partial charge in [-0.1, -0.05) is 32.9 Å². The number of ketones is 1. The van der Waals surface area contributed by atoms with Crippen molar-refractivity contribution in [3.8, 4) is 11.3 Å². The van der Waals surface area contributed by atoms with Crippen LogP contribution in [0.15, 0.2) is 34.5 Å².